The second kappa shape index (κ2) is 10.8. The molecule has 0 aromatic carbocycles. The van der Waals surface area contributed by atoms with Crippen LogP contribution in [-0.4, -0.2) is 70.1 Å². The van der Waals surface area contributed by atoms with E-state index < -0.39 is 0 Å². The van der Waals surface area contributed by atoms with Gasteiger partial charge in [-0.15, -0.1) is 10.2 Å². The molecule has 3 fully saturated rings. The highest BCUT2D eigenvalue weighted by Gasteiger charge is 2.38. The number of piperidine rings is 1. The fourth-order valence-electron chi connectivity index (χ4n) is 5.36. The SMILES string of the molecule is Cc1nnc(CN=C(NCC2CCCO2)NCC2(N3CCCCC3)CCCCC2)n1C. The van der Waals surface area contributed by atoms with Crippen molar-refractivity contribution in [1.82, 2.24) is 30.3 Å². The van der Waals surface area contributed by atoms with Gasteiger partial charge in [0.1, 0.15) is 12.4 Å². The quantitative estimate of drug-likeness (QED) is 0.510. The van der Waals surface area contributed by atoms with Gasteiger partial charge in [0.15, 0.2) is 11.8 Å². The first-order valence-corrected chi connectivity index (χ1v) is 12.4. The lowest BCUT2D eigenvalue weighted by atomic mass is 9.79. The summed E-state index contributed by atoms with van der Waals surface area (Å²) in [5.41, 5.74) is 0.270. The van der Waals surface area contributed by atoms with Gasteiger partial charge in [0, 0.05) is 32.3 Å². The van der Waals surface area contributed by atoms with Crippen LogP contribution in [0.4, 0.5) is 0 Å². The molecule has 1 aliphatic carbocycles. The van der Waals surface area contributed by atoms with E-state index >= 15 is 0 Å². The Morgan fingerprint density at radius 1 is 1.06 bits per heavy atom. The number of rotatable bonds is 7. The lowest BCUT2D eigenvalue weighted by Gasteiger charge is -2.48. The summed E-state index contributed by atoms with van der Waals surface area (Å²) >= 11 is 0. The number of ether oxygens (including phenoxy) is 1. The molecule has 31 heavy (non-hydrogen) atoms. The van der Waals surface area contributed by atoms with Crippen molar-refractivity contribution >= 4 is 5.96 Å². The highest BCUT2D eigenvalue weighted by Crippen LogP contribution is 2.35. The first-order valence-electron chi connectivity index (χ1n) is 12.4. The van der Waals surface area contributed by atoms with Crippen molar-refractivity contribution in [2.24, 2.45) is 12.0 Å². The third kappa shape index (κ3) is 5.77. The van der Waals surface area contributed by atoms with E-state index in [-0.39, 0.29) is 11.6 Å². The molecule has 3 aliphatic rings. The van der Waals surface area contributed by atoms with Crippen LogP contribution in [0.3, 0.4) is 0 Å². The minimum absolute atomic E-state index is 0.270. The standard InChI is InChI=1S/C23H41N7O/c1-19-27-28-21(29(19)2)17-25-22(24-16-20-10-9-15-31-20)26-18-23(11-5-3-6-12-23)30-13-7-4-8-14-30/h20H,3-18H2,1-2H3,(H2,24,25,26). The number of hydrogen-bond acceptors (Lipinski definition) is 5. The molecular formula is C23H41N7O. The average Bonchev–Trinajstić information content (AvgIpc) is 3.45. The second-order valence-corrected chi connectivity index (χ2v) is 9.59. The number of nitrogens with zero attached hydrogens (tertiary/aromatic N) is 5. The molecule has 1 unspecified atom stereocenters. The van der Waals surface area contributed by atoms with Gasteiger partial charge in [0.05, 0.1) is 6.10 Å². The molecule has 0 spiro atoms. The van der Waals surface area contributed by atoms with Crippen molar-refractivity contribution in [2.45, 2.75) is 89.3 Å². The van der Waals surface area contributed by atoms with Gasteiger partial charge in [-0.05, 0) is 58.5 Å². The largest absolute Gasteiger partial charge is 0.376 e. The Morgan fingerprint density at radius 3 is 2.52 bits per heavy atom. The third-order valence-corrected chi connectivity index (χ3v) is 7.48. The summed E-state index contributed by atoms with van der Waals surface area (Å²) in [5.74, 6) is 2.68. The molecule has 1 aromatic rings. The molecule has 2 aliphatic heterocycles. The highest BCUT2D eigenvalue weighted by atomic mass is 16.5. The van der Waals surface area contributed by atoms with Gasteiger partial charge in [-0.3, -0.25) is 4.90 Å². The van der Waals surface area contributed by atoms with E-state index in [2.05, 4.69) is 25.7 Å². The smallest absolute Gasteiger partial charge is 0.191 e. The van der Waals surface area contributed by atoms with Gasteiger partial charge < -0.3 is 19.9 Å². The Kier molecular flexibility index (Phi) is 7.82. The molecule has 8 nitrogen and oxygen atoms in total. The van der Waals surface area contributed by atoms with Crippen LogP contribution in [0.2, 0.25) is 0 Å². The monoisotopic (exact) mass is 431 g/mol. The number of guanidine groups is 1. The minimum Gasteiger partial charge on any atom is -0.376 e. The van der Waals surface area contributed by atoms with Crippen LogP contribution in [0, 0.1) is 6.92 Å². The fourth-order valence-corrected chi connectivity index (χ4v) is 5.36. The molecule has 3 heterocycles. The van der Waals surface area contributed by atoms with Crippen molar-refractivity contribution < 1.29 is 4.74 Å². The van der Waals surface area contributed by atoms with Crippen LogP contribution in [-0.2, 0) is 18.3 Å². The third-order valence-electron chi connectivity index (χ3n) is 7.48. The fraction of sp³-hybridized carbons (Fsp3) is 0.870. The highest BCUT2D eigenvalue weighted by molar-refractivity contribution is 5.79. The van der Waals surface area contributed by atoms with E-state index in [0.717, 1.165) is 50.1 Å². The second-order valence-electron chi connectivity index (χ2n) is 9.59. The van der Waals surface area contributed by atoms with E-state index in [9.17, 15) is 0 Å². The molecule has 1 aromatic heterocycles. The first kappa shape index (κ1) is 22.5. The zero-order valence-corrected chi connectivity index (χ0v) is 19.5. The number of likely N-dealkylation sites (tertiary alicyclic amines) is 1. The normalized spacial score (nSPS) is 25.0. The summed E-state index contributed by atoms with van der Waals surface area (Å²) in [7, 11) is 2.00. The molecule has 2 N–H and O–H groups in total. The van der Waals surface area contributed by atoms with Crippen molar-refractivity contribution in [3.05, 3.63) is 11.6 Å². The van der Waals surface area contributed by atoms with Crippen LogP contribution < -0.4 is 10.6 Å². The van der Waals surface area contributed by atoms with E-state index in [1.165, 1.54) is 64.5 Å². The molecular weight excluding hydrogens is 390 g/mol. The molecule has 0 bridgehead atoms. The van der Waals surface area contributed by atoms with E-state index in [4.69, 9.17) is 9.73 Å². The summed E-state index contributed by atoms with van der Waals surface area (Å²) < 4.78 is 7.83. The van der Waals surface area contributed by atoms with E-state index in [0.29, 0.717) is 6.54 Å². The Bertz CT molecular complexity index is 714. The molecule has 1 atom stereocenters. The molecule has 0 radical (unpaired) electrons. The summed E-state index contributed by atoms with van der Waals surface area (Å²) in [6.07, 6.45) is 13.3. The summed E-state index contributed by atoms with van der Waals surface area (Å²) in [4.78, 5) is 7.67. The molecule has 8 heteroatoms. The molecule has 1 saturated carbocycles. The van der Waals surface area contributed by atoms with E-state index in [1.807, 2.05) is 18.5 Å². The number of nitrogens with one attached hydrogen (secondary N) is 2. The Morgan fingerprint density at radius 2 is 1.84 bits per heavy atom. The van der Waals surface area contributed by atoms with Crippen LogP contribution >= 0.6 is 0 Å². The predicted octanol–water partition coefficient (Wildman–Crippen LogP) is 2.53. The van der Waals surface area contributed by atoms with Crippen LogP contribution in [0.25, 0.3) is 0 Å². The first-order chi connectivity index (χ1) is 15.2. The maximum absolute atomic E-state index is 5.82. The number of aromatic nitrogens is 3. The van der Waals surface area contributed by atoms with Gasteiger partial charge >= 0.3 is 0 Å². The van der Waals surface area contributed by atoms with Crippen LogP contribution in [0.1, 0.15) is 75.9 Å². The Hall–Kier alpha value is -1.67. The van der Waals surface area contributed by atoms with Crippen molar-refractivity contribution in [3.63, 3.8) is 0 Å². The molecule has 4 rings (SSSR count). The molecule has 174 valence electrons. The zero-order chi connectivity index (χ0) is 21.5. The molecule has 0 amide bonds. The lowest BCUT2D eigenvalue weighted by Crippen LogP contribution is -2.59. The van der Waals surface area contributed by atoms with Crippen molar-refractivity contribution in [3.8, 4) is 0 Å². The zero-order valence-electron chi connectivity index (χ0n) is 19.5. The number of hydrogen-bond donors (Lipinski definition) is 2. The Balaban J connectivity index is 1.43. The van der Waals surface area contributed by atoms with Crippen molar-refractivity contribution in [2.75, 3.05) is 32.8 Å². The van der Waals surface area contributed by atoms with Gasteiger partial charge in [-0.1, -0.05) is 25.7 Å². The maximum atomic E-state index is 5.82. The summed E-state index contributed by atoms with van der Waals surface area (Å²) in [6.45, 7) is 7.63. The minimum atomic E-state index is 0.270. The maximum Gasteiger partial charge on any atom is 0.191 e. The van der Waals surface area contributed by atoms with Gasteiger partial charge in [-0.2, -0.15) is 0 Å². The number of aliphatic imine (C=N–C) groups is 1. The van der Waals surface area contributed by atoms with E-state index in [1.54, 1.807) is 0 Å². The van der Waals surface area contributed by atoms with Gasteiger partial charge in [0.2, 0.25) is 0 Å². The average molecular weight is 432 g/mol. The van der Waals surface area contributed by atoms with Crippen LogP contribution in [0.5, 0.6) is 0 Å². The summed E-state index contributed by atoms with van der Waals surface area (Å²) in [5, 5.41) is 15.7. The van der Waals surface area contributed by atoms with Crippen LogP contribution in [0.15, 0.2) is 4.99 Å². The molecule has 2 saturated heterocycles. The lowest BCUT2D eigenvalue weighted by molar-refractivity contribution is 0.0367. The topological polar surface area (TPSA) is 79.6 Å². The van der Waals surface area contributed by atoms with Gasteiger partial charge in [-0.25, -0.2) is 4.99 Å². The van der Waals surface area contributed by atoms with Gasteiger partial charge in [0.25, 0.3) is 0 Å². The number of aryl methyl sites for hydroxylation is 1. The summed E-state index contributed by atoms with van der Waals surface area (Å²) in [6, 6.07) is 0. The van der Waals surface area contributed by atoms with Crippen molar-refractivity contribution in [1.29, 1.82) is 0 Å². The Labute approximate surface area is 187 Å². The predicted molar refractivity (Wildman–Crippen MR) is 123 cm³/mol.